The summed E-state index contributed by atoms with van der Waals surface area (Å²) in [5.41, 5.74) is 5.36. The van der Waals surface area contributed by atoms with Gasteiger partial charge >= 0.3 is 0 Å². The number of primary amides is 1. The van der Waals surface area contributed by atoms with E-state index < -0.39 is 5.91 Å². The third-order valence-electron chi connectivity index (χ3n) is 1.50. The molecule has 0 aliphatic heterocycles. The lowest BCUT2D eigenvalue weighted by molar-refractivity contribution is 0.0996. The van der Waals surface area contributed by atoms with Crippen molar-refractivity contribution in [2.75, 3.05) is 0 Å². The monoisotopic (exact) mass is 179 g/mol. The molecular formula is C7H5N3OS. The Kier molecular flexibility index (Phi) is 1.51. The summed E-state index contributed by atoms with van der Waals surface area (Å²) in [4.78, 5) is 10.8. The Morgan fingerprint density at radius 1 is 1.58 bits per heavy atom. The lowest BCUT2D eigenvalue weighted by atomic mass is 10.3. The van der Waals surface area contributed by atoms with E-state index in [0.717, 1.165) is 10.1 Å². The molecule has 2 aromatic rings. The van der Waals surface area contributed by atoms with Gasteiger partial charge in [0, 0.05) is 5.39 Å². The molecule has 1 amide bonds. The summed E-state index contributed by atoms with van der Waals surface area (Å²) in [7, 11) is 0. The van der Waals surface area contributed by atoms with Gasteiger partial charge in [-0.05, 0) is 11.4 Å². The van der Waals surface area contributed by atoms with E-state index in [0.29, 0.717) is 0 Å². The van der Waals surface area contributed by atoms with Gasteiger partial charge in [-0.1, -0.05) is 0 Å². The third kappa shape index (κ3) is 0.947. The predicted molar refractivity (Wildman–Crippen MR) is 45.9 cm³/mol. The van der Waals surface area contributed by atoms with Gasteiger partial charge in [-0.3, -0.25) is 4.79 Å². The van der Waals surface area contributed by atoms with Gasteiger partial charge in [-0.25, -0.2) is 0 Å². The number of nitrogens with two attached hydrogens (primary N) is 1. The molecular weight excluding hydrogens is 174 g/mol. The lowest BCUT2D eigenvalue weighted by Gasteiger charge is -1.93. The molecule has 0 atom stereocenters. The van der Waals surface area contributed by atoms with E-state index in [9.17, 15) is 4.79 Å². The van der Waals surface area contributed by atoms with Crippen LogP contribution in [-0.2, 0) is 0 Å². The van der Waals surface area contributed by atoms with Crippen molar-refractivity contribution < 1.29 is 4.79 Å². The smallest absolute Gasteiger partial charge is 0.270 e. The average Bonchev–Trinajstić information content (AvgIpc) is 2.49. The van der Waals surface area contributed by atoms with Crippen LogP contribution in [0.15, 0.2) is 17.6 Å². The molecule has 0 spiro atoms. The van der Waals surface area contributed by atoms with Crippen molar-refractivity contribution in [2.45, 2.75) is 0 Å². The summed E-state index contributed by atoms with van der Waals surface area (Å²) in [5.74, 6) is -0.532. The molecule has 2 rings (SSSR count). The second-order valence-electron chi connectivity index (χ2n) is 2.26. The van der Waals surface area contributed by atoms with Crippen LogP contribution in [0.5, 0.6) is 0 Å². The number of amides is 1. The van der Waals surface area contributed by atoms with Crippen LogP contribution in [0.25, 0.3) is 10.1 Å². The van der Waals surface area contributed by atoms with E-state index in [1.165, 1.54) is 11.3 Å². The van der Waals surface area contributed by atoms with Gasteiger partial charge in [-0.15, -0.1) is 16.4 Å². The number of carbonyl (C=O) groups excluding carboxylic acids is 1. The maximum Gasteiger partial charge on any atom is 0.270 e. The fraction of sp³-hybridized carbons (Fsp3) is 0. The van der Waals surface area contributed by atoms with Crippen LogP contribution >= 0.6 is 11.3 Å². The Balaban J connectivity index is 2.82. The molecule has 2 heterocycles. The van der Waals surface area contributed by atoms with Crippen LogP contribution in [0.4, 0.5) is 0 Å². The van der Waals surface area contributed by atoms with Crippen molar-refractivity contribution in [3.8, 4) is 0 Å². The Bertz CT molecular complexity index is 437. The minimum atomic E-state index is -0.532. The van der Waals surface area contributed by atoms with Crippen LogP contribution < -0.4 is 5.73 Å². The van der Waals surface area contributed by atoms with Crippen molar-refractivity contribution in [3.63, 3.8) is 0 Å². The number of fused-ring (bicyclic) bond motifs is 1. The Hall–Kier alpha value is -1.49. The molecule has 0 unspecified atom stereocenters. The minimum Gasteiger partial charge on any atom is -0.364 e. The molecule has 0 fully saturated rings. The minimum absolute atomic E-state index is 0.252. The Morgan fingerprint density at radius 3 is 3.17 bits per heavy atom. The van der Waals surface area contributed by atoms with Gasteiger partial charge < -0.3 is 5.73 Å². The van der Waals surface area contributed by atoms with Gasteiger partial charge in [0.15, 0.2) is 5.69 Å². The van der Waals surface area contributed by atoms with E-state index in [2.05, 4.69) is 10.2 Å². The molecule has 60 valence electrons. The molecule has 0 aromatic carbocycles. The summed E-state index contributed by atoms with van der Waals surface area (Å²) >= 11 is 1.44. The average molecular weight is 179 g/mol. The molecule has 12 heavy (non-hydrogen) atoms. The van der Waals surface area contributed by atoms with E-state index in [4.69, 9.17) is 5.73 Å². The quantitative estimate of drug-likeness (QED) is 0.703. The van der Waals surface area contributed by atoms with Crippen LogP contribution in [0, 0.1) is 0 Å². The van der Waals surface area contributed by atoms with Crippen LogP contribution in [0.3, 0.4) is 0 Å². The molecule has 0 bridgehead atoms. The molecule has 2 aromatic heterocycles. The van der Waals surface area contributed by atoms with Gasteiger partial charge in [0.25, 0.3) is 5.91 Å². The number of carbonyl (C=O) groups is 1. The molecule has 0 saturated heterocycles. The number of hydrogen-bond acceptors (Lipinski definition) is 4. The maximum absolute atomic E-state index is 10.8. The fourth-order valence-electron chi connectivity index (χ4n) is 0.969. The first-order chi connectivity index (χ1) is 5.79. The summed E-state index contributed by atoms with van der Waals surface area (Å²) in [6.07, 6.45) is 1.61. The van der Waals surface area contributed by atoms with Crippen LogP contribution in [0.1, 0.15) is 10.5 Å². The maximum atomic E-state index is 10.8. The van der Waals surface area contributed by atoms with E-state index in [1.807, 2.05) is 11.4 Å². The number of hydrogen-bond donors (Lipinski definition) is 1. The number of nitrogens with zero attached hydrogens (tertiary/aromatic N) is 2. The number of thiophene rings is 1. The Morgan fingerprint density at radius 2 is 2.42 bits per heavy atom. The highest BCUT2D eigenvalue weighted by Gasteiger charge is 2.08. The standard InChI is InChI=1S/C7H5N3OS/c8-7(11)5-6-4(1-2-12-6)3-9-10-5/h1-3H,(H2,8,11). The molecule has 0 aliphatic carbocycles. The SMILES string of the molecule is NC(=O)c1nncc2ccsc12. The van der Waals surface area contributed by atoms with Crippen molar-refractivity contribution in [1.82, 2.24) is 10.2 Å². The first-order valence-corrected chi connectivity index (χ1v) is 4.15. The molecule has 0 aliphatic rings. The zero-order valence-corrected chi connectivity index (χ0v) is 6.84. The van der Waals surface area contributed by atoms with Crippen molar-refractivity contribution in [2.24, 2.45) is 5.73 Å². The van der Waals surface area contributed by atoms with Crippen molar-refractivity contribution in [3.05, 3.63) is 23.3 Å². The first kappa shape index (κ1) is 7.17. The number of rotatable bonds is 1. The van der Waals surface area contributed by atoms with E-state index in [1.54, 1.807) is 6.20 Å². The van der Waals surface area contributed by atoms with Crippen molar-refractivity contribution >= 4 is 27.3 Å². The lowest BCUT2D eigenvalue weighted by Crippen LogP contribution is -2.13. The summed E-state index contributed by atoms with van der Waals surface area (Å²) in [5, 5.41) is 10.1. The fourth-order valence-corrected chi connectivity index (χ4v) is 1.83. The third-order valence-corrected chi connectivity index (χ3v) is 2.44. The van der Waals surface area contributed by atoms with E-state index >= 15 is 0 Å². The zero-order chi connectivity index (χ0) is 8.55. The Labute approximate surface area is 72.0 Å². The summed E-state index contributed by atoms with van der Waals surface area (Å²) in [6.45, 7) is 0. The van der Waals surface area contributed by atoms with Gasteiger partial charge in [0.1, 0.15) is 0 Å². The van der Waals surface area contributed by atoms with Crippen LogP contribution in [-0.4, -0.2) is 16.1 Å². The number of aromatic nitrogens is 2. The highest BCUT2D eigenvalue weighted by molar-refractivity contribution is 7.17. The highest BCUT2D eigenvalue weighted by Crippen LogP contribution is 2.21. The second kappa shape index (κ2) is 2.53. The molecule has 4 nitrogen and oxygen atoms in total. The predicted octanol–water partition coefficient (Wildman–Crippen LogP) is 0.790. The zero-order valence-electron chi connectivity index (χ0n) is 6.02. The van der Waals surface area contributed by atoms with Gasteiger partial charge in [-0.2, -0.15) is 5.10 Å². The van der Waals surface area contributed by atoms with Gasteiger partial charge in [0.2, 0.25) is 0 Å². The molecule has 0 saturated carbocycles. The first-order valence-electron chi connectivity index (χ1n) is 3.28. The highest BCUT2D eigenvalue weighted by atomic mass is 32.1. The largest absolute Gasteiger partial charge is 0.364 e. The van der Waals surface area contributed by atoms with Crippen LogP contribution in [0.2, 0.25) is 0 Å². The summed E-state index contributed by atoms with van der Waals surface area (Å²) < 4.78 is 0.803. The normalized spacial score (nSPS) is 10.3. The van der Waals surface area contributed by atoms with E-state index in [-0.39, 0.29) is 5.69 Å². The summed E-state index contributed by atoms with van der Waals surface area (Å²) in [6, 6.07) is 1.88. The molecule has 2 N–H and O–H groups in total. The molecule has 5 heteroatoms. The topological polar surface area (TPSA) is 68.9 Å². The second-order valence-corrected chi connectivity index (χ2v) is 3.18. The van der Waals surface area contributed by atoms with Gasteiger partial charge in [0.05, 0.1) is 10.9 Å². The van der Waals surface area contributed by atoms with Crippen molar-refractivity contribution in [1.29, 1.82) is 0 Å². The molecule has 0 radical (unpaired) electrons.